The van der Waals surface area contributed by atoms with Crippen LogP contribution in [0.15, 0.2) is 24.3 Å². The molecule has 0 radical (unpaired) electrons. The Bertz CT molecular complexity index is 360. The molecule has 0 aliphatic heterocycles. The largest absolute Gasteiger partial charge is 0.427 e. The molecule has 3 nitrogen and oxygen atoms in total. The summed E-state index contributed by atoms with van der Waals surface area (Å²) in [6.07, 6.45) is -2.64. The van der Waals surface area contributed by atoms with Gasteiger partial charge in [0.1, 0.15) is 5.75 Å². The average Bonchev–Trinajstić information content (AvgIpc) is 2.16. The van der Waals surface area contributed by atoms with Gasteiger partial charge in [-0.2, -0.15) is 0 Å². The normalized spacial score (nSPS) is 11.8. The maximum absolute atomic E-state index is 12.3. The van der Waals surface area contributed by atoms with E-state index < -0.39 is 18.4 Å². The quantitative estimate of drug-likeness (QED) is 0.662. The van der Waals surface area contributed by atoms with Crippen LogP contribution in [0.2, 0.25) is 0 Å². The van der Waals surface area contributed by atoms with Crippen molar-refractivity contribution < 1.29 is 18.3 Å². The minimum Gasteiger partial charge on any atom is -0.427 e. The van der Waals surface area contributed by atoms with Crippen molar-refractivity contribution in [1.29, 1.82) is 0 Å². The van der Waals surface area contributed by atoms with E-state index in [-0.39, 0.29) is 23.7 Å². The van der Waals surface area contributed by atoms with Gasteiger partial charge in [0, 0.05) is 6.92 Å². The molecule has 0 aliphatic rings. The number of rotatable bonds is 3. The Morgan fingerprint density at radius 1 is 1.44 bits per heavy atom. The smallest absolute Gasteiger partial charge is 0.308 e. The fourth-order valence-electron chi connectivity index (χ4n) is 1.10. The first-order valence-electron chi connectivity index (χ1n) is 4.33. The van der Waals surface area contributed by atoms with Crippen LogP contribution in [-0.4, -0.2) is 12.4 Å². The van der Waals surface area contributed by atoms with Crippen LogP contribution < -0.4 is 10.5 Å². The first-order chi connectivity index (χ1) is 7.00. The Balaban J connectivity index is 0.00000225. The topological polar surface area (TPSA) is 52.3 Å². The molecule has 1 aromatic rings. The van der Waals surface area contributed by atoms with Gasteiger partial charge in [-0.15, -0.1) is 12.4 Å². The summed E-state index contributed by atoms with van der Waals surface area (Å²) in [7, 11) is 0. The van der Waals surface area contributed by atoms with Crippen LogP contribution >= 0.6 is 12.4 Å². The number of nitrogens with two attached hydrogens (primary N) is 1. The number of carbonyl (C=O) groups is 1. The molecule has 0 amide bonds. The lowest BCUT2D eigenvalue weighted by molar-refractivity contribution is -0.131. The van der Waals surface area contributed by atoms with Gasteiger partial charge in [-0.3, -0.25) is 4.79 Å². The molecule has 90 valence electrons. The third-order valence-corrected chi connectivity index (χ3v) is 1.78. The van der Waals surface area contributed by atoms with Crippen molar-refractivity contribution in [2.75, 3.05) is 0 Å². The molecule has 1 rings (SSSR count). The molecule has 0 heterocycles. The lowest BCUT2D eigenvalue weighted by atomic mass is 10.1. The maximum atomic E-state index is 12.3. The highest BCUT2D eigenvalue weighted by Gasteiger charge is 2.17. The molecule has 1 atom stereocenters. The van der Waals surface area contributed by atoms with E-state index in [0.29, 0.717) is 0 Å². The van der Waals surface area contributed by atoms with Gasteiger partial charge in [0.15, 0.2) is 0 Å². The minimum atomic E-state index is -2.64. The minimum absolute atomic E-state index is 0. The second kappa shape index (κ2) is 6.40. The van der Waals surface area contributed by atoms with E-state index >= 15 is 0 Å². The van der Waals surface area contributed by atoms with Gasteiger partial charge >= 0.3 is 5.97 Å². The molecule has 16 heavy (non-hydrogen) atoms. The lowest BCUT2D eigenvalue weighted by Crippen LogP contribution is -2.18. The predicted octanol–water partition coefficient (Wildman–Crippen LogP) is 2.30. The summed E-state index contributed by atoms with van der Waals surface area (Å²) in [6, 6.07) is 4.45. The Hall–Kier alpha value is -1.20. The highest BCUT2D eigenvalue weighted by Crippen LogP contribution is 2.22. The van der Waals surface area contributed by atoms with Crippen LogP contribution in [0.25, 0.3) is 0 Å². The molecule has 0 saturated heterocycles. The van der Waals surface area contributed by atoms with E-state index in [0.717, 1.165) is 0 Å². The SMILES string of the molecule is CC(=O)Oc1cccc([C@@H](N)C(F)F)c1.Cl. The molecule has 1 aromatic carbocycles. The van der Waals surface area contributed by atoms with E-state index in [1.807, 2.05) is 0 Å². The van der Waals surface area contributed by atoms with Crippen molar-refractivity contribution in [3.8, 4) is 5.75 Å². The first-order valence-corrected chi connectivity index (χ1v) is 4.33. The molecule has 0 aliphatic carbocycles. The van der Waals surface area contributed by atoms with Gasteiger partial charge in [0.2, 0.25) is 0 Å². The van der Waals surface area contributed by atoms with Gasteiger partial charge in [-0.05, 0) is 17.7 Å². The number of benzene rings is 1. The van der Waals surface area contributed by atoms with Gasteiger partial charge < -0.3 is 10.5 Å². The molecule has 0 aromatic heterocycles. The predicted molar refractivity (Wildman–Crippen MR) is 57.9 cm³/mol. The maximum Gasteiger partial charge on any atom is 0.308 e. The third kappa shape index (κ3) is 4.12. The van der Waals surface area contributed by atoms with Crippen LogP contribution in [0.3, 0.4) is 0 Å². The summed E-state index contributed by atoms with van der Waals surface area (Å²) in [5.41, 5.74) is 5.49. The van der Waals surface area contributed by atoms with Crippen LogP contribution in [0, 0.1) is 0 Å². The highest BCUT2D eigenvalue weighted by atomic mass is 35.5. The zero-order chi connectivity index (χ0) is 11.4. The molecular formula is C10H12ClF2NO2. The summed E-state index contributed by atoms with van der Waals surface area (Å²) >= 11 is 0. The average molecular weight is 252 g/mol. The van der Waals surface area contributed by atoms with Crippen molar-refractivity contribution in [2.45, 2.75) is 19.4 Å². The van der Waals surface area contributed by atoms with E-state index in [2.05, 4.69) is 0 Å². The fraction of sp³-hybridized carbons (Fsp3) is 0.300. The Morgan fingerprint density at radius 3 is 2.56 bits per heavy atom. The van der Waals surface area contributed by atoms with E-state index in [1.54, 1.807) is 0 Å². The molecule has 2 N–H and O–H groups in total. The molecule has 0 bridgehead atoms. The molecule has 0 fully saturated rings. The molecule has 0 spiro atoms. The van der Waals surface area contributed by atoms with Crippen molar-refractivity contribution >= 4 is 18.4 Å². The van der Waals surface area contributed by atoms with E-state index in [9.17, 15) is 13.6 Å². The summed E-state index contributed by atoms with van der Waals surface area (Å²) < 4.78 is 29.3. The van der Waals surface area contributed by atoms with Crippen molar-refractivity contribution in [2.24, 2.45) is 5.73 Å². The second-order valence-electron chi connectivity index (χ2n) is 3.03. The monoisotopic (exact) mass is 251 g/mol. The van der Waals surface area contributed by atoms with Gasteiger partial charge in [-0.25, -0.2) is 8.78 Å². The van der Waals surface area contributed by atoms with Crippen LogP contribution in [0.1, 0.15) is 18.5 Å². The first kappa shape index (κ1) is 14.8. The van der Waals surface area contributed by atoms with Crippen LogP contribution in [0.4, 0.5) is 8.78 Å². The lowest BCUT2D eigenvalue weighted by Gasteiger charge is -2.11. The van der Waals surface area contributed by atoms with Crippen molar-refractivity contribution in [1.82, 2.24) is 0 Å². The number of halogens is 3. The summed E-state index contributed by atoms with van der Waals surface area (Å²) in [5.74, 6) is -0.283. The Labute approximate surface area is 98.0 Å². The molecule has 0 unspecified atom stereocenters. The second-order valence-corrected chi connectivity index (χ2v) is 3.03. The number of ether oxygens (including phenoxy) is 1. The highest BCUT2D eigenvalue weighted by molar-refractivity contribution is 5.85. The Kier molecular flexibility index (Phi) is 5.92. The molecule has 0 saturated carbocycles. The zero-order valence-corrected chi connectivity index (χ0v) is 9.34. The van der Waals surface area contributed by atoms with Gasteiger partial charge in [0.25, 0.3) is 6.43 Å². The van der Waals surface area contributed by atoms with Gasteiger partial charge in [-0.1, -0.05) is 12.1 Å². The van der Waals surface area contributed by atoms with E-state index in [4.69, 9.17) is 10.5 Å². The summed E-state index contributed by atoms with van der Waals surface area (Å²) in [6.45, 7) is 1.24. The van der Waals surface area contributed by atoms with Gasteiger partial charge in [0.05, 0.1) is 6.04 Å². The van der Waals surface area contributed by atoms with Crippen molar-refractivity contribution in [3.05, 3.63) is 29.8 Å². The summed E-state index contributed by atoms with van der Waals surface area (Å²) in [5, 5.41) is 0. The Morgan fingerprint density at radius 2 is 2.06 bits per heavy atom. The number of alkyl halides is 2. The third-order valence-electron chi connectivity index (χ3n) is 1.78. The number of hydrogen-bond acceptors (Lipinski definition) is 3. The number of carbonyl (C=O) groups excluding carboxylic acids is 1. The fourth-order valence-corrected chi connectivity index (χ4v) is 1.10. The standard InChI is InChI=1S/C10H11F2NO2.ClH/c1-6(14)15-8-4-2-3-7(5-8)9(13)10(11)12;/h2-5,9-10H,13H2,1H3;1H/t9-;/m1./s1. The van der Waals surface area contributed by atoms with Crippen molar-refractivity contribution in [3.63, 3.8) is 0 Å². The summed E-state index contributed by atoms with van der Waals surface area (Å²) in [4.78, 5) is 10.6. The number of esters is 1. The van der Waals surface area contributed by atoms with E-state index in [1.165, 1.54) is 31.2 Å². The zero-order valence-electron chi connectivity index (χ0n) is 8.52. The van der Waals surface area contributed by atoms with Crippen LogP contribution in [-0.2, 0) is 4.79 Å². The number of hydrogen-bond donors (Lipinski definition) is 1. The molecule has 6 heteroatoms. The van der Waals surface area contributed by atoms with Crippen LogP contribution in [0.5, 0.6) is 5.75 Å². The molecular weight excluding hydrogens is 240 g/mol.